The van der Waals surface area contributed by atoms with Crippen LogP contribution in [-0.4, -0.2) is 55.1 Å². The van der Waals surface area contributed by atoms with Gasteiger partial charge in [-0.3, -0.25) is 0 Å². The van der Waals surface area contributed by atoms with Crippen molar-refractivity contribution in [1.29, 1.82) is 0 Å². The van der Waals surface area contributed by atoms with E-state index in [2.05, 4.69) is 4.72 Å². The lowest BCUT2D eigenvalue weighted by atomic mass is 10.0. The number of thioether (sulfide) groups is 1. The fourth-order valence-corrected chi connectivity index (χ4v) is 4.54. The number of aliphatic hydroxyl groups excluding tert-OH is 1. The molecular formula is C11H22N2O3S2. The Morgan fingerprint density at radius 2 is 2.22 bits per heavy atom. The van der Waals surface area contributed by atoms with E-state index in [0.717, 1.165) is 25.7 Å². The standard InChI is InChI=1S/C11H22N2O3S2/c1-17-11(4-5-11)9-12-18(15,16)13-6-2-3-10(7-13)8-14/h10,12,14H,2-9H2,1H3. The van der Waals surface area contributed by atoms with Crippen LogP contribution in [0.5, 0.6) is 0 Å². The molecule has 1 saturated carbocycles. The highest BCUT2D eigenvalue weighted by atomic mass is 32.2. The molecule has 5 nitrogen and oxygen atoms in total. The summed E-state index contributed by atoms with van der Waals surface area (Å²) in [6.45, 7) is 1.60. The molecule has 0 spiro atoms. The molecule has 1 unspecified atom stereocenters. The van der Waals surface area contributed by atoms with E-state index in [0.29, 0.717) is 19.6 Å². The molecule has 1 aliphatic heterocycles. The lowest BCUT2D eigenvalue weighted by Gasteiger charge is -2.31. The largest absolute Gasteiger partial charge is 0.396 e. The lowest BCUT2D eigenvalue weighted by molar-refractivity contribution is 0.165. The van der Waals surface area contributed by atoms with Crippen LogP contribution in [0.2, 0.25) is 0 Å². The van der Waals surface area contributed by atoms with Crippen LogP contribution < -0.4 is 4.72 Å². The van der Waals surface area contributed by atoms with Crippen molar-refractivity contribution in [2.75, 3.05) is 32.5 Å². The Balaban J connectivity index is 1.89. The Hall–Kier alpha value is 0.180. The SMILES string of the molecule is CSC1(CNS(=O)(=O)N2CCCC(CO)C2)CC1. The summed E-state index contributed by atoms with van der Waals surface area (Å²) in [6.07, 6.45) is 5.97. The third-order valence-electron chi connectivity index (χ3n) is 3.90. The van der Waals surface area contributed by atoms with Crippen molar-refractivity contribution in [1.82, 2.24) is 9.03 Å². The van der Waals surface area contributed by atoms with Crippen LogP contribution in [0.3, 0.4) is 0 Å². The van der Waals surface area contributed by atoms with E-state index in [1.54, 1.807) is 11.8 Å². The predicted molar refractivity (Wildman–Crippen MR) is 73.8 cm³/mol. The second-order valence-corrected chi connectivity index (χ2v) is 8.29. The Bertz CT molecular complexity index is 382. The molecule has 0 bridgehead atoms. The maximum absolute atomic E-state index is 12.2. The first kappa shape index (κ1) is 14.6. The number of rotatable bonds is 6. The molecule has 0 aromatic carbocycles. The summed E-state index contributed by atoms with van der Waals surface area (Å²) in [5, 5.41) is 9.14. The van der Waals surface area contributed by atoms with Crippen molar-refractivity contribution in [2.45, 2.75) is 30.4 Å². The van der Waals surface area contributed by atoms with Gasteiger partial charge in [0.25, 0.3) is 10.2 Å². The van der Waals surface area contributed by atoms with Crippen molar-refractivity contribution in [2.24, 2.45) is 5.92 Å². The number of nitrogens with one attached hydrogen (secondary N) is 1. The van der Waals surface area contributed by atoms with Gasteiger partial charge in [0.05, 0.1) is 0 Å². The highest BCUT2D eigenvalue weighted by Crippen LogP contribution is 2.46. The predicted octanol–water partition coefficient (Wildman–Crippen LogP) is 0.421. The topological polar surface area (TPSA) is 69.6 Å². The van der Waals surface area contributed by atoms with Crippen molar-refractivity contribution < 1.29 is 13.5 Å². The van der Waals surface area contributed by atoms with Gasteiger partial charge in [-0.15, -0.1) is 0 Å². The maximum Gasteiger partial charge on any atom is 0.279 e. The number of nitrogens with zero attached hydrogens (tertiary/aromatic N) is 1. The second-order valence-electron chi connectivity index (χ2n) is 5.26. The van der Waals surface area contributed by atoms with Crippen molar-refractivity contribution in [3.05, 3.63) is 0 Å². The summed E-state index contributed by atoms with van der Waals surface area (Å²) in [6, 6.07) is 0. The zero-order valence-corrected chi connectivity index (χ0v) is 12.4. The third kappa shape index (κ3) is 3.39. The van der Waals surface area contributed by atoms with Crippen LogP contribution in [0.15, 0.2) is 0 Å². The van der Waals surface area contributed by atoms with Gasteiger partial charge >= 0.3 is 0 Å². The average Bonchev–Trinajstić information content (AvgIpc) is 3.17. The minimum Gasteiger partial charge on any atom is -0.396 e. The number of piperidine rings is 1. The van der Waals surface area contributed by atoms with Crippen LogP contribution in [0.25, 0.3) is 0 Å². The Kier molecular flexibility index (Phi) is 4.59. The molecular weight excluding hydrogens is 272 g/mol. The molecule has 2 rings (SSSR count). The van der Waals surface area contributed by atoms with Crippen LogP contribution >= 0.6 is 11.8 Å². The molecule has 0 amide bonds. The Labute approximate surface area is 114 Å². The molecule has 2 N–H and O–H groups in total. The van der Waals surface area contributed by atoms with Gasteiger partial charge < -0.3 is 5.11 Å². The fourth-order valence-electron chi connectivity index (χ4n) is 2.30. The van der Waals surface area contributed by atoms with Crippen molar-refractivity contribution >= 4 is 22.0 Å². The molecule has 2 aliphatic rings. The van der Waals surface area contributed by atoms with E-state index in [-0.39, 0.29) is 17.3 Å². The maximum atomic E-state index is 12.2. The number of hydrogen-bond acceptors (Lipinski definition) is 4. The van der Waals surface area contributed by atoms with E-state index in [1.165, 1.54) is 4.31 Å². The summed E-state index contributed by atoms with van der Waals surface area (Å²) >= 11 is 1.75. The van der Waals surface area contributed by atoms with E-state index < -0.39 is 10.2 Å². The van der Waals surface area contributed by atoms with Crippen LogP contribution in [0.1, 0.15) is 25.7 Å². The molecule has 18 heavy (non-hydrogen) atoms. The second kappa shape index (κ2) is 5.66. The van der Waals surface area contributed by atoms with Crippen molar-refractivity contribution in [3.8, 4) is 0 Å². The highest BCUT2D eigenvalue weighted by molar-refractivity contribution is 8.00. The first-order valence-electron chi connectivity index (χ1n) is 6.42. The molecule has 2 fully saturated rings. The summed E-state index contributed by atoms with van der Waals surface area (Å²) in [7, 11) is -3.37. The molecule has 0 aromatic rings. The van der Waals surface area contributed by atoms with E-state index in [9.17, 15) is 8.42 Å². The van der Waals surface area contributed by atoms with E-state index in [1.807, 2.05) is 6.26 Å². The summed E-state index contributed by atoms with van der Waals surface area (Å²) in [4.78, 5) is 0. The smallest absolute Gasteiger partial charge is 0.279 e. The minimum absolute atomic E-state index is 0.0702. The zero-order valence-electron chi connectivity index (χ0n) is 10.8. The van der Waals surface area contributed by atoms with Crippen LogP contribution in [0.4, 0.5) is 0 Å². The highest BCUT2D eigenvalue weighted by Gasteiger charge is 2.43. The monoisotopic (exact) mass is 294 g/mol. The molecule has 1 heterocycles. The summed E-state index contributed by atoms with van der Waals surface area (Å²) in [5.41, 5.74) is 0. The van der Waals surface area contributed by atoms with Gasteiger partial charge in [-0.05, 0) is 37.9 Å². The van der Waals surface area contributed by atoms with Gasteiger partial charge in [-0.25, -0.2) is 4.72 Å². The minimum atomic E-state index is -3.37. The average molecular weight is 294 g/mol. The zero-order chi connectivity index (χ0) is 13.2. The number of aliphatic hydroxyl groups is 1. The molecule has 0 aromatic heterocycles. The number of hydrogen-bond donors (Lipinski definition) is 2. The van der Waals surface area contributed by atoms with Gasteiger partial charge in [0.15, 0.2) is 0 Å². The Morgan fingerprint density at radius 3 is 2.78 bits per heavy atom. The lowest BCUT2D eigenvalue weighted by Crippen LogP contribution is -2.48. The van der Waals surface area contributed by atoms with Gasteiger partial charge in [-0.1, -0.05) is 0 Å². The van der Waals surface area contributed by atoms with Gasteiger partial charge in [0.1, 0.15) is 0 Å². The molecule has 106 valence electrons. The quantitative estimate of drug-likeness (QED) is 0.745. The van der Waals surface area contributed by atoms with Crippen LogP contribution in [0, 0.1) is 5.92 Å². The summed E-state index contributed by atoms with van der Waals surface area (Å²) in [5.74, 6) is 0.0887. The van der Waals surface area contributed by atoms with E-state index in [4.69, 9.17) is 5.11 Å². The first-order valence-corrected chi connectivity index (χ1v) is 9.08. The van der Waals surface area contributed by atoms with Crippen LogP contribution in [-0.2, 0) is 10.2 Å². The van der Waals surface area contributed by atoms with Gasteiger partial charge in [0.2, 0.25) is 0 Å². The third-order valence-corrected chi connectivity index (χ3v) is 6.84. The Morgan fingerprint density at radius 1 is 1.50 bits per heavy atom. The van der Waals surface area contributed by atoms with Crippen molar-refractivity contribution in [3.63, 3.8) is 0 Å². The molecule has 1 saturated heterocycles. The molecule has 7 heteroatoms. The summed E-state index contributed by atoms with van der Waals surface area (Å²) < 4.78 is 28.7. The molecule has 1 aliphatic carbocycles. The first-order chi connectivity index (χ1) is 8.51. The fraction of sp³-hybridized carbons (Fsp3) is 1.00. The van der Waals surface area contributed by atoms with Gasteiger partial charge in [0, 0.05) is 31.0 Å². The molecule has 0 radical (unpaired) electrons. The van der Waals surface area contributed by atoms with E-state index >= 15 is 0 Å². The van der Waals surface area contributed by atoms with Gasteiger partial charge in [-0.2, -0.15) is 24.5 Å². The normalized spacial score (nSPS) is 28.2. The molecule has 1 atom stereocenters.